The number of benzene rings is 1. The summed E-state index contributed by atoms with van der Waals surface area (Å²) in [5.41, 5.74) is 0.808. The maximum Gasteiger partial charge on any atom is 0.191 e. The van der Waals surface area contributed by atoms with Crippen LogP contribution in [0.2, 0.25) is 0 Å². The predicted molar refractivity (Wildman–Crippen MR) is 103 cm³/mol. The summed E-state index contributed by atoms with van der Waals surface area (Å²) >= 11 is 0. The smallest absolute Gasteiger partial charge is 0.191 e. The Kier molecular flexibility index (Phi) is 11.4. The highest BCUT2D eigenvalue weighted by Crippen LogP contribution is 2.11. The van der Waals surface area contributed by atoms with E-state index in [4.69, 9.17) is 5.26 Å². The molecule has 1 aromatic carbocycles. The zero-order valence-electron chi connectivity index (χ0n) is 14.0. The summed E-state index contributed by atoms with van der Waals surface area (Å²) in [4.78, 5) is 4.39. The fourth-order valence-corrected chi connectivity index (χ4v) is 1.97. The van der Waals surface area contributed by atoms with Crippen LogP contribution in [0, 0.1) is 23.1 Å². The van der Waals surface area contributed by atoms with E-state index in [-0.39, 0.29) is 30.5 Å². The van der Waals surface area contributed by atoms with Gasteiger partial charge in [-0.25, -0.2) is 9.38 Å². The first-order valence-corrected chi connectivity index (χ1v) is 7.77. The molecule has 0 heterocycles. The highest BCUT2D eigenvalue weighted by molar-refractivity contribution is 14.0. The normalized spacial score (nSPS) is 10.9. The molecule has 0 aliphatic rings. The molecule has 1 aromatic rings. The number of nitriles is 1. The molecule has 0 radical (unpaired) electrons. The summed E-state index contributed by atoms with van der Waals surface area (Å²) in [6.07, 6.45) is 2.24. The molecular formula is C17H26FIN4. The summed E-state index contributed by atoms with van der Waals surface area (Å²) in [7, 11) is 0. The van der Waals surface area contributed by atoms with E-state index in [1.165, 1.54) is 6.07 Å². The molecular weight excluding hydrogens is 406 g/mol. The number of aliphatic imine (C=N–C) groups is 1. The zero-order valence-corrected chi connectivity index (χ0v) is 16.4. The standard InChI is InChI=1S/C17H25FN4.HI/c1-4-20-17(21-9-5-6-13(2)3)22-12-15-8-7-14(11-19)10-16(15)18;/h7-8,10,13H,4-6,9,12H2,1-3H3,(H2,20,21,22);1H. The monoisotopic (exact) mass is 432 g/mol. The van der Waals surface area contributed by atoms with Gasteiger partial charge in [0.05, 0.1) is 18.2 Å². The Labute approximate surface area is 155 Å². The van der Waals surface area contributed by atoms with Crippen LogP contribution in [0.25, 0.3) is 0 Å². The van der Waals surface area contributed by atoms with Gasteiger partial charge in [0.1, 0.15) is 5.82 Å². The second-order valence-electron chi connectivity index (χ2n) is 5.58. The van der Waals surface area contributed by atoms with Crippen LogP contribution >= 0.6 is 24.0 Å². The lowest BCUT2D eigenvalue weighted by Crippen LogP contribution is -2.37. The minimum absolute atomic E-state index is 0. The van der Waals surface area contributed by atoms with Crippen LogP contribution < -0.4 is 10.6 Å². The minimum Gasteiger partial charge on any atom is -0.357 e. The molecule has 0 bridgehead atoms. The van der Waals surface area contributed by atoms with Gasteiger partial charge in [0.15, 0.2) is 5.96 Å². The SMILES string of the molecule is CCNC(=NCc1ccc(C#N)cc1F)NCCCC(C)C.I. The molecule has 1 rings (SSSR count). The second-order valence-corrected chi connectivity index (χ2v) is 5.58. The molecule has 0 aliphatic carbocycles. The molecule has 0 aromatic heterocycles. The average Bonchev–Trinajstić information content (AvgIpc) is 2.49. The Hall–Kier alpha value is -1.36. The van der Waals surface area contributed by atoms with Crippen molar-refractivity contribution < 1.29 is 4.39 Å². The van der Waals surface area contributed by atoms with Gasteiger partial charge in [-0.2, -0.15) is 5.26 Å². The maximum absolute atomic E-state index is 13.8. The first-order chi connectivity index (χ1) is 10.6. The minimum atomic E-state index is -0.390. The van der Waals surface area contributed by atoms with E-state index in [0.29, 0.717) is 23.0 Å². The molecule has 0 saturated carbocycles. The third-order valence-electron chi connectivity index (χ3n) is 3.18. The zero-order chi connectivity index (χ0) is 16.4. The van der Waals surface area contributed by atoms with Gasteiger partial charge in [0, 0.05) is 18.7 Å². The summed E-state index contributed by atoms with van der Waals surface area (Å²) in [5, 5.41) is 15.1. The van der Waals surface area contributed by atoms with E-state index in [9.17, 15) is 4.39 Å². The maximum atomic E-state index is 13.8. The highest BCUT2D eigenvalue weighted by Gasteiger charge is 2.04. The third kappa shape index (κ3) is 8.74. The first-order valence-electron chi connectivity index (χ1n) is 7.77. The quantitative estimate of drug-likeness (QED) is 0.298. The first kappa shape index (κ1) is 21.6. The molecule has 6 heteroatoms. The summed E-state index contributed by atoms with van der Waals surface area (Å²) < 4.78 is 13.8. The van der Waals surface area contributed by atoms with Crippen LogP contribution in [-0.4, -0.2) is 19.0 Å². The Morgan fingerprint density at radius 2 is 2.09 bits per heavy atom. The van der Waals surface area contributed by atoms with E-state index < -0.39 is 5.82 Å². The van der Waals surface area contributed by atoms with Crippen molar-refractivity contribution in [2.45, 2.75) is 40.2 Å². The molecule has 0 unspecified atom stereocenters. The second kappa shape index (κ2) is 12.1. The van der Waals surface area contributed by atoms with Crippen LogP contribution in [0.15, 0.2) is 23.2 Å². The van der Waals surface area contributed by atoms with Crippen molar-refractivity contribution in [2.75, 3.05) is 13.1 Å². The summed E-state index contributed by atoms with van der Waals surface area (Å²) in [5.74, 6) is 0.988. The number of halogens is 2. The average molecular weight is 432 g/mol. The Bertz CT molecular complexity index is 538. The van der Waals surface area contributed by atoms with Crippen LogP contribution in [0.4, 0.5) is 4.39 Å². The van der Waals surface area contributed by atoms with Crippen LogP contribution in [0.5, 0.6) is 0 Å². The van der Waals surface area contributed by atoms with Gasteiger partial charge in [0.25, 0.3) is 0 Å². The number of rotatable bonds is 7. The molecule has 0 spiro atoms. The lowest BCUT2D eigenvalue weighted by Gasteiger charge is -2.12. The molecule has 0 amide bonds. The topological polar surface area (TPSA) is 60.2 Å². The number of nitrogens with zero attached hydrogens (tertiary/aromatic N) is 2. The number of hydrogen-bond acceptors (Lipinski definition) is 2. The van der Waals surface area contributed by atoms with Gasteiger partial charge in [-0.05, 0) is 37.8 Å². The van der Waals surface area contributed by atoms with Gasteiger partial charge < -0.3 is 10.6 Å². The van der Waals surface area contributed by atoms with Gasteiger partial charge in [-0.1, -0.05) is 19.9 Å². The van der Waals surface area contributed by atoms with E-state index in [1.807, 2.05) is 13.0 Å². The van der Waals surface area contributed by atoms with E-state index in [1.54, 1.807) is 12.1 Å². The van der Waals surface area contributed by atoms with Gasteiger partial charge in [0.2, 0.25) is 0 Å². The Balaban J connectivity index is 0.00000484. The molecule has 0 atom stereocenters. The fourth-order valence-electron chi connectivity index (χ4n) is 1.97. The summed E-state index contributed by atoms with van der Waals surface area (Å²) in [6.45, 7) is 8.25. The molecule has 0 saturated heterocycles. The fraction of sp³-hybridized carbons (Fsp3) is 0.529. The largest absolute Gasteiger partial charge is 0.357 e. The lowest BCUT2D eigenvalue weighted by molar-refractivity contribution is 0.549. The molecule has 128 valence electrons. The van der Waals surface area contributed by atoms with Crippen molar-refractivity contribution in [3.63, 3.8) is 0 Å². The van der Waals surface area contributed by atoms with Crippen molar-refractivity contribution in [2.24, 2.45) is 10.9 Å². The number of guanidine groups is 1. The van der Waals surface area contributed by atoms with Crippen molar-refractivity contribution in [1.82, 2.24) is 10.6 Å². The van der Waals surface area contributed by atoms with Crippen LogP contribution in [-0.2, 0) is 6.54 Å². The van der Waals surface area contributed by atoms with Crippen molar-refractivity contribution in [1.29, 1.82) is 5.26 Å². The molecule has 0 aliphatic heterocycles. The van der Waals surface area contributed by atoms with E-state index in [0.717, 1.165) is 25.9 Å². The van der Waals surface area contributed by atoms with Crippen LogP contribution in [0.1, 0.15) is 44.7 Å². The van der Waals surface area contributed by atoms with Crippen LogP contribution in [0.3, 0.4) is 0 Å². The lowest BCUT2D eigenvalue weighted by atomic mass is 10.1. The van der Waals surface area contributed by atoms with Crippen molar-refractivity contribution in [3.05, 3.63) is 35.1 Å². The molecule has 4 nitrogen and oxygen atoms in total. The molecule has 2 N–H and O–H groups in total. The highest BCUT2D eigenvalue weighted by atomic mass is 127. The Morgan fingerprint density at radius 3 is 2.65 bits per heavy atom. The van der Waals surface area contributed by atoms with Crippen molar-refractivity contribution >= 4 is 29.9 Å². The van der Waals surface area contributed by atoms with Gasteiger partial charge in [-0.3, -0.25) is 0 Å². The third-order valence-corrected chi connectivity index (χ3v) is 3.18. The van der Waals surface area contributed by atoms with E-state index >= 15 is 0 Å². The van der Waals surface area contributed by atoms with Gasteiger partial charge >= 0.3 is 0 Å². The number of nitrogens with one attached hydrogen (secondary N) is 2. The van der Waals surface area contributed by atoms with E-state index in [2.05, 4.69) is 29.5 Å². The van der Waals surface area contributed by atoms with Crippen molar-refractivity contribution in [3.8, 4) is 6.07 Å². The Morgan fingerprint density at radius 1 is 1.35 bits per heavy atom. The number of hydrogen-bond donors (Lipinski definition) is 2. The molecule has 0 fully saturated rings. The van der Waals surface area contributed by atoms with Gasteiger partial charge in [-0.15, -0.1) is 24.0 Å². The predicted octanol–water partition coefficient (Wildman–Crippen LogP) is 3.81. The molecule has 23 heavy (non-hydrogen) atoms. The summed E-state index contributed by atoms with van der Waals surface area (Å²) in [6, 6.07) is 6.39.